The molecule has 1 amide bonds. The van der Waals surface area contributed by atoms with Crippen LogP contribution in [0.2, 0.25) is 0 Å². The smallest absolute Gasteiger partial charge is 0.252 e. The summed E-state index contributed by atoms with van der Waals surface area (Å²) >= 11 is 0. The predicted molar refractivity (Wildman–Crippen MR) is 98.6 cm³/mol. The number of carbonyl (C=O) groups excluding carboxylic acids is 2. The molecule has 1 heterocycles. The van der Waals surface area contributed by atoms with Gasteiger partial charge in [-0.2, -0.15) is 0 Å². The third kappa shape index (κ3) is 3.91. The van der Waals surface area contributed by atoms with Crippen molar-refractivity contribution in [2.75, 3.05) is 0 Å². The number of pyridine rings is 1. The first-order valence-corrected chi connectivity index (χ1v) is 8.28. The topological polar surface area (TPSA) is 59.1 Å². The van der Waals surface area contributed by atoms with Crippen LogP contribution in [0.25, 0.3) is 10.9 Å². The minimum absolute atomic E-state index is 0.0189. The van der Waals surface area contributed by atoms with Crippen LogP contribution in [0.5, 0.6) is 0 Å². The molecule has 25 heavy (non-hydrogen) atoms. The molecular formula is C21H20N2O2. The van der Waals surface area contributed by atoms with Gasteiger partial charge in [0, 0.05) is 17.5 Å². The van der Waals surface area contributed by atoms with Crippen molar-refractivity contribution in [2.24, 2.45) is 0 Å². The van der Waals surface area contributed by atoms with Gasteiger partial charge in [0.15, 0.2) is 5.78 Å². The van der Waals surface area contributed by atoms with Crippen LogP contribution in [0.15, 0.2) is 60.7 Å². The Bertz CT molecular complexity index is 920. The Labute approximate surface area is 146 Å². The highest BCUT2D eigenvalue weighted by molar-refractivity contribution is 6.07. The van der Waals surface area contributed by atoms with E-state index in [2.05, 4.69) is 10.3 Å². The van der Waals surface area contributed by atoms with Gasteiger partial charge in [-0.1, -0.05) is 48.5 Å². The molecule has 0 saturated carbocycles. The van der Waals surface area contributed by atoms with Crippen molar-refractivity contribution in [3.63, 3.8) is 0 Å². The molecule has 4 nitrogen and oxygen atoms in total. The molecule has 0 fully saturated rings. The Hall–Kier alpha value is -3.01. The maximum absolute atomic E-state index is 12.7. The summed E-state index contributed by atoms with van der Waals surface area (Å²) in [7, 11) is 0. The van der Waals surface area contributed by atoms with Crippen LogP contribution >= 0.6 is 0 Å². The molecule has 0 spiro atoms. The standard InChI is InChI=1S/C21H20N2O2/c1-14-12-18(17-10-6-7-11-19(17)22-14)21(25)23-15(2)20(24)13-16-8-4-3-5-9-16/h3-12,15H,13H2,1-2H3,(H,23,25). The summed E-state index contributed by atoms with van der Waals surface area (Å²) in [5.74, 6) is -0.273. The van der Waals surface area contributed by atoms with Crippen LogP contribution in [0.3, 0.4) is 0 Å². The summed E-state index contributed by atoms with van der Waals surface area (Å²) in [4.78, 5) is 29.5. The predicted octanol–water partition coefficient (Wildman–Crippen LogP) is 3.47. The molecule has 0 saturated heterocycles. The Kier molecular flexibility index (Phi) is 4.89. The van der Waals surface area contributed by atoms with Gasteiger partial charge in [-0.05, 0) is 31.5 Å². The van der Waals surface area contributed by atoms with Crippen LogP contribution < -0.4 is 5.32 Å². The molecule has 2 aromatic carbocycles. The maximum Gasteiger partial charge on any atom is 0.252 e. The Morgan fingerprint density at radius 3 is 2.48 bits per heavy atom. The van der Waals surface area contributed by atoms with Crippen molar-refractivity contribution in [2.45, 2.75) is 26.3 Å². The second kappa shape index (κ2) is 7.26. The lowest BCUT2D eigenvalue weighted by atomic mass is 10.0. The number of nitrogens with zero attached hydrogens (tertiary/aromatic N) is 1. The zero-order chi connectivity index (χ0) is 17.8. The fraction of sp³-hybridized carbons (Fsp3) is 0.190. The fourth-order valence-corrected chi connectivity index (χ4v) is 2.80. The molecule has 126 valence electrons. The number of hydrogen-bond acceptors (Lipinski definition) is 3. The van der Waals surface area contributed by atoms with E-state index in [-0.39, 0.29) is 11.7 Å². The molecule has 3 rings (SSSR count). The van der Waals surface area contributed by atoms with Crippen molar-refractivity contribution in [3.05, 3.63) is 77.5 Å². The van der Waals surface area contributed by atoms with Gasteiger partial charge in [0.05, 0.1) is 17.1 Å². The quantitative estimate of drug-likeness (QED) is 0.778. The van der Waals surface area contributed by atoms with Gasteiger partial charge in [-0.25, -0.2) is 0 Å². The van der Waals surface area contributed by atoms with Gasteiger partial charge in [-0.3, -0.25) is 14.6 Å². The zero-order valence-electron chi connectivity index (χ0n) is 14.3. The summed E-state index contributed by atoms with van der Waals surface area (Å²) in [5.41, 5.74) is 3.03. The van der Waals surface area contributed by atoms with E-state index < -0.39 is 6.04 Å². The SMILES string of the molecule is Cc1cc(C(=O)NC(C)C(=O)Cc2ccccc2)c2ccccc2n1. The average Bonchev–Trinajstić information content (AvgIpc) is 2.61. The minimum Gasteiger partial charge on any atom is -0.342 e. The first kappa shape index (κ1) is 16.8. The Balaban J connectivity index is 1.77. The number of Topliss-reactive ketones (excluding diaryl/α,β-unsaturated/α-hetero) is 1. The molecule has 3 aromatic rings. The van der Waals surface area contributed by atoms with Gasteiger partial charge < -0.3 is 5.32 Å². The van der Waals surface area contributed by atoms with Crippen molar-refractivity contribution >= 4 is 22.6 Å². The molecule has 0 aliphatic carbocycles. The molecular weight excluding hydrogens is 312 g/mol. The largest absolute Gasteiger partial charge is 0.342 e. The molecule has 4 heteroatoms. The maximum atomic E-state index is 12.7. The molecule has 0 bridgehead atoms. The van der Waals surface area contributed by atoms with Gasteiger partial charge in [0.2, 0.25) is 0 Å². The van der Waals surface area contributed by atoms with Crippen LogP contribution in [0.4, 0.5) is 0 Å². The van der Waals surface area contributed by atoms with Crippen molar-refractivity contribution < 1.29 is 9.59 Å². The minimum atomic E-state index is -0.556. The number of nitrogens with one attached hydrogen (secondary N) is 1. The lowest BCUT2D eigenvalue weighted by molar-refractivity contribution is -0.119. The number of carbonyl (C=O) groups is 2. The molecule has 0 radical (unpaired) electrons. The van der Waals surface area contributed by atoms with E-state index in [4.69, 9.17) is 0 Å². The second-order valence-electron chi connectivity index (χ2n) is 6.15. The number of rotatable bonds is 5. The number of amides is 1. The Morgan fingerprint density at radius 2 is 1.72 bits per heavy atom. The number of para-hydroxylation sites is 1. The van der Waals surface area contributed by atoms with E-state index in [1.54, 1.807) is 13.0 Å². The highest BCUT2D eigenvalue weighted by Crippen LogP contribution is 2.18. The summed E-state index contributed by atoms with van der Waals surface area (Å²) in [5, 5.41) is 3.60. The lowest BCUT2D eigenvalue weighted by Crippen LogP contribution is -2.39. The third-order valence-electron chi connectivity index (χ3n) is 4.14. The lowest BCUT2D eigenvalue weighted by Gasteiger charge is -2.14. The van der Waals surface area contributed by atoms with Gasteiger partial charge in [-0.15, -0.1) is 0 Å². The van der Waals surface area contributed by atoms with Crippen molar-refractivity contribution in [1.29, 1.82) is 0 Å². The zero-order valence-corrected chi connectivity index (χ0v) is 14.3. The van der Waals surface area contributed by atoms with Crippen LogP contribution in [0, 0.1) is 6.92 Å². The van der Waals surface area contributed by atoms with E-state index in [0.29, 0.717) is 12.0 Å². The average molecular weight is 332 g/mol. The van der Waals surface area contributed by atoms with E-state index >= 15 is 0 Å². The Morgan fingerprint density at radius 1 is 1.04 bits per heavy atom. The molecule has 1 unspecified atom stereocenters. The van der Waals surface area contributed by atoms with Gasteiger partial charge >= 0.3 is 0 Å². The van der Waals surface area contributed by atoms with E-state index in [1.807, 2.05) is 61.5 Å². The highest BCUT2D eigenvalue weighted by atomic mass is 16.2. The van der Waals surface area contributed by atoms with Gasteiger partial charge in [0.1, 0.15) is 0 Å². The highest BCUT2D eigenvalue weighted by Gasteiger charge is 2.18. The third-order valence-corrected chi connectivity index (χ3v) is 4.14. The number of aromatic nitrogens is 1. The van der Waals surface area contributed by atoms with E-state index in [1.165, 1.54) is 0 Å². The van der Waals surface area contributed by atoms with Crippen molar-refractivity contribution in [3.8, 4) is 0 Å². The molecule has 1 aromatic heterocycles. The van der Waals surface area contributed by atoms with E-state index in [9.17, 15) is 9.59 Å². The molecule has 1 atom stereocenters. The first-order valence-electron chi connectivity index (χ1n) is 8.28. The first-order chi connectivity index (χ1) is 12.0. The number of benzene rings is 2. The van der Waals surface area contributed by atoms with Crippen molar-refractivity contribution in [1.82, 2.24) is 10.3 Å². The molecule has 0 aliphatic heterocycles. The normalized spacial score (nSPS) is 11.9. The summed E-state index contributed by atoms with van der Waals surface area (Å²) in [6.07, 6.45) is 0.304. The summed E-state index contributed by atoms with van der Waals surface area (Å²) in [6.45, 7) is 3.58. The fourth-order valence-electron chi connectivity index (χ4n) is 2.80. The molecule has 0 aliphatic rings. The number of fused-ring (bicyclic) bond motifs is 1. The summed E-state index contributed by atoms with van der Waals surface area (Å²) < 4.78 is 0. The number of hydrogen-bond donors (Lipinski definition) is 1. The van der Waals surface area contributed by atoms with E-state index in [0.717, 1.165) is 22.2 Å². The monoisotopic (exact) mass is 332 g/mol. The van der Waals surface area contributed by atoms with Crippen LogP contribution in [0.1, 0.15) is 28.5 Å². The number of ketones is 1. The van der Waals surface area contributed by atoms with Crippen LogP contribution in [-0.4, -0.2) is 22.7 Å². The summed E-state index contributed by atoms with van der Waals surface area (Å²) in [6, 6.07) is 18.2. The van der Waals surface area contributed by atoms with Gasteiger partial charge in [0.25, 0.3) is 5.91 Å². The number of aryl methyl sites for hydroxylation is 1. The molecule has 1 N–H and O–H groups in total. The second-order valence-corrected chi connectivity index (χ2v) is 6.15. The van der Waals surface area contributed by atoms with Crippen LogP contribution in [-0.2, 0) is 11.2 Å².